The fourth-order valence-corrected chi connectivity index (χ4v) is 2.47. The van der Waals surface area contributed by atoms with Crippen molar-refractivity contribution >= 4 is 29.0 Å². The van der Waals surface area contributed by atoms with Gasteiger partial charge in [-0.1, -0.05) is 6.07 Å². The van der Waals surface area contributed by atoms with Gasteiger partial charge in [0, 0.05) is 5.56 Å². The minimum absolute atomic E-state index is 0.284. The Hall–Kier alpha value is -2.67. The molecule has 2 aromatic rings. The van der Waals surface area contributed by atoms with Crippen molar-refractivity contribution < 1.29 is 23.9 Å². The van der Waals surface area contributed by atoms with Gasteiger partial charge >= 0.3 is 5.97 Å². The summed E-state index contributed by atoms with van der Waals surface area (Å²) in [6.07, 6.45) is 0. The van der Waals surface area contributed by atoms with Gasteiger partial charge in [-0.15, -0.1) is 11.3 Å². The summed E-state index contributed by atoms with van der Waals surface area (Å²) >= 11 is 1.27. The van der Waals surface area contributed by atoms with E-state index in [0.29, 0.717) is 22.8 Å². The molecule has 0 aliphatic carbocycles. The lowest BCUT2D eigenvalue weighted by Gasteiger charge is -2.06. The molecule has 0 unspecified atom stereocenters. The second-order valence-corrected chi connectivity index (χ2v) is 5.65. The Morgan fingerprint density at radius 3 is 2.50 bits per heavy atom. The molecular formula is C17H17NO5S. The average molecular weight is 347 g/mol. The molecule has 6 nitrogen and oxygen atoms in total. The summed E-state index contributed by atoms with van der Waals surface area (Å²) in [6.45, 7) is 1.76. The molecule has 24 heavy (non-hydrogen) atoms. The molecule has 0 aliphatic heterocycles. The highest BCUT2D eigenvalue weighted by molar-refractivity contribution is 7.12. The van der Waals surface area contributed by atoms with Crippen LogP contribution in [0.4, 0.5) is 0 Å². The van der Waals surface area contributed by atoms with Gasteiger partial charge in [0.25, 0.3) is 5.91 Å². The smallest absolute Gasteiger partial charge is 0.325 e. The number of nitrogens with one attached hydrogen (secondary N) is 1. The van der Waals surface area contributed by atoms with E-state index in [9.17, 15) is 14.4 Å². The van der Waals surface area contributed by atoms with Crippen molar-refractivity contribution in [2.75, 3.05) is 19.8 Å². The molecule has 1 aromatic heterocycles. The number of amides is 1. The van der Waals surface area contributed by atoms with Crippen LogP contribution in [-0.2, 0) is 9.53 Å². The number of thiophene rings is 1. The van der Waals surface area contributed by atoms with E-state index in [1.807, 2.05) is 6.92 Å². The molecule has 2 rings (SSSR count). The number of hydrogen-bond donors (Lipinski definition) is 1. The number of Topliss-reactive ketones (excluding diaryl/α,β-unsaturated/α-hetero) is 1. The van der Waals surface area contributed by atoms with Gasteiger partial charge in [-0.05, 0) is 42.6 Å². The van der Waals surface area contributed by atoms with Gasteiger partial charge in [-0.3, -0.25) is 14.4 Å². The lowest BCUT2D eigenvalue weighted by molar-refractivity contribution is -0.141. The van der Waals surface area contributed by atoms with Crippen LogP contribution in [0.3, 0.4) is 0 Å². The van der Waals surface area contributed by atoms with Crippen molar-refractivity contribution in [2.24, 2.45) is 0 Å². The topological polar surface area (TPSA) is 81.7 Å². The number of esters is 1. The Morgan fingerprint density at radius 1 is 1.12 bits per heavy atom. The number of rotatable bonds is 8. The minimum Gasteiger partial charge on any atom is -0.494 e. The van der Waals surface area contributed by atoms with Crippen molar-refractivity contribution in [3.05, 3.63) is 52.2 Å². The summed E-state index contributed by atoms with van der Waals surface area (Å²) in [6, 6.07) is 9.98. The van der Waals surface area contributed by atoms with Crippen LogP contribution in [-0.4, -0.2) is 37.4 Å². The second-order valence-electron chi connectivity index (χ2n) is 4.70. The van der Waals surface area contributed by atoms with E-state index >= 15 is 0 Å². The largest absolute Gasteiger partial charge is 0.494 e. The van der Waals surface area contributed by atoms with Crippen LogP contribution in [0.15, 0.2) is 41.8 Å². The summed E-state index contributed by atoms with van der Waals surface area (Å²) in [4.78, 5) is 35.7. The Balaban J connectivity index is 1.74. The molecule has 0 fully saturated rings. The molecule has 0 saturated carbocycles. The first-order chi connectivity index (χ1) is 11.6. The highest BCUT2D eigenvalue weighted by atomic mass is 32.1. The van der Waals surface area contributed by atoms with E-state index in [2.05, 4.69) is 5.32 Å². The number of carbonyl (C=O) groups excluding carboxylic acids is 3. The third-order valence-corrected chi connectivity index (χ3v) is 3.86. The van der Waals surface area contributed by atoms with E-state index < -0.39 is 5.97 Å². The van der Waals surface area contributed by atoms with Crippen molar-refractivity contribution in [2.45, 2.75) is 6.92 Å². The second kappa shape index (κ2) is 8.83. The van der Waals surface area contributed by atoms with Gasteiger partial charge in [-0.2, -0.15) is 0 Å². The summed E-state index contributed by atoms with van der Waals surface area (Å²) in [5.74, 6) is -0.669. The predicted molar refractivity (Wildman–Crippen MR) is 89.6 cm³/mol. The summed E-state index contributed by atoms with van der Waals surface area (Å²) in [7, 11) is 0. The third-order valence-electron chi connectivity index (χ3n) is 2.99. The molecule has 0 atom stereocenters. The van der Waals surface area contributed by atoms with E-state index in [-0.39, 0.29) is 24.8 Å². The van der Waals surface area contributed by atoms with Gasteiger partial charge < -0.3 is 14.8 Å². The number of carbonyl (C=O) groups is 3. The van der Waals surface area contributed by atoms with Gasteiger partial charge in [0.05, 0.1) is 11.5 Å². The first-order valence-corrected chi connectivity index (χ1v) is 8.21. The highest BCUT2D eigenvalue weighted by Crippen LogP contribution is 2.12. The summed E-state index contributed by atoms with van der Waals surface area (Å²) in [5.41, 5.74) is 0.425. The van der Waals surface area contributed by atoms with Crippen LogP contribution >= 0.6 is 11.3 Å². The van der Waals surface area contributed by atoms with E-state index in [0.717, 1.165) is 0 Å². The molecule has 7 heteroatoms. The van der Waals surface area contributed by atoms with Crippen LogP contribution in [0.5, 0.6) is 5.75 Å². The molecule has 0 spiro atoms. The normalized spacial score (nSPS) is 10.0. The van der Waals surface area contributed by atoms with Crippen LogP contribution in [0.1, 0.15) is 27.0 Å². The van der Waals surface area contributed by atoms with Gasteiger partial charge in [0.1, 0.15) is 12.3 Å². The zero-order chi connectivity index (χ0) is 17.4. The Morgan fingerprint density at radius 2 is 1.88 bits per heavy atom. The van der Waals surface area contributed by atoms with Gasteiger partial charge in [0.2, 0.25) is 0 Å². The van der Waals surface area contributed by atoms with E-state index in [1.54, 1.807) is 41.8 Å². The molecule has 1 N–H and O–H groups in total. The third kappa shape index (κ3) is 5.20. The molecule has 126 valence electrons. The summed E-state index contributed by atoms with van der Waals surface area (Å²) < 4.78 is 10.2. The molecule has 0 bridgehead atoms. The van der Waals surface area contributed by atoms with E-state index in [4.69, 9.17) is 9.47 Å². The Kier molecular flexibility index (Phi) is 6.51. The molecular weight excluding hydrogens is 330 g/mol. The monoisotopic (exact) mass is 347 g/mol. The van der Waals surface area contributed by atoms with Gasteiger partial charge in [0.15, 0.2) is 12.4 Å². The standard InChI is InChI=1S/C17H17NO5S/c1-2-22-13-7-5-12(6-8-13)14(19)11-23-16(20)10-18-17(21)15-4-3-9-24-15/h3-9H,2,10-11H2,1H3,(H,18,21). The zero-order valence-electron chi connectivity index (χ0n) is 13.1. The Labute approximate surface area is 143 Å². The molecule has 0 aliphatic rings. The number of ketones is 1. The average Bonchev–Trinajstić information content (AvgIpc) is 3.13. The number of hydrogen-bond acceptors (Lipinski definition) is 6. The maximum absolute atomic E-state index is 11.9. The fourth-order valence-electron chi connectivity index (χ4n) is 1.83. The molecule has 1 amide bonds. The molecule has 0 saturated heterocycles. The highest BCUT2D eigenvalue weighted by Gasteiger charge is 2.12. The Bertz CT molecular complexity index is 694. The molecule has 1 aromatic carbocycles. The maximum Gasteiger partial charge on any atom is 0.325 e. The maximum atomic E-state index is 11.9. The van der Waals surface area contributed by atoms with Crippen molar-refractivity contribution in [3.63, 3.8) is 0 Å². The van der Waals surface area contributed by atoms with Gasteiger partial charge in [-0.25, -0.2) is 0 Å². The SMILES string of the molecule is CCOc1ccc(C(=O)COC(=O)CNC(=O)c2cccs2)cc1. The van der Waals surface area contributed by atoms with Crippen LogP contribution in [0.2, 0.25) is 0 Å². The molecule has 1 heterocycles. The van der Waals surface area contributed by atoms with Crippen molar-refractivity contribution in [1.82, 2.24) is 5.32 Å². The first-order valence-electron chi connectivity index (χ1n) is 7.33. The number of ether oxygens (including phenoxy) is 2. The lowest BCUT2D eigenvalue weighted by atomic mass is 10.1. The van der Waals surface area contributed by atoms with Crippen LogP contribution in [0.25, 0.3) is 0 Å². The quantitative estimate of drug-likeness (QED) is 0.585. The van der Waals surface area contributed by atoms with Crippen molar-refractivity contribution in [3.8, 4) is 5.75 Å². The number of benzene rings is 1. The van der Waals surface area contributed by atoms with Crippen LogP contribution in [0, 0.1) is 0 Å². The first kappa shape index (κ1) is 17.7. The zero-order valence-corrected chi connectivity index (χ0v) is 13.9. The van der Waals surface area contributed by atoms with E-state index in [1.165, 1.54) is 11.3 Å². The lowest BCUT2D eigenvalue weighted by Crippen LogP contribution is -2.31. The molecule has 0 radical (unpaired) electrons. The summed E-state index contributed by atoms with van der Waals surface area (Å²) in [5, 5.41) is 4.21. The predicted octanol–water partition coefficient (Wildman–Crippen LogP) is 2.30. The minimum atomic E-state index is -0.667. The van der Waals surface area contributed by atoms with Crippen LogP contribution < -0.4 is 10.1 Å². The van der Waals surface area contributed by atoms with Crippen molar-refractivity contribution in [1.29, 1.82) is 0 Å². The fraction of sp³-hybridized carbons (Fsp3) is 0.235.